The number of benzene rings is 1. The first kappa shape index (κ1) is 20.8. The molecule has 1 saturated heterocycles. The monoisotopic (exact) mass is 439 g/mol. The van der Waals surface area contributed by atoms with Gasteiger partial charge in [0.05, 0.1) is 17.7 Å². The Morgan fingerprint density at radius 3 is 2.52 bits per heavy atom. The van der Waals surface area contributed by atoms with Crippen molar-refractivity contribution in [1.29, 1.82) is 5.26 Å². The lowest BCUT2D eigenvalue weighted by Gasteiger charge is -2.36. The number of hydrogen-bond acceptors (Lipinski definition) is 5. The van der Waals surface area contributed by atoms with Gasteiger partial charge in [-0.15, -0.1) is 11.6 Å². The fraction of sp³-hybridized carbons (Fsp3) is 0.273. The molecule has 3 aromatic rings. The van der Waals surface area contributed by atoms with E-state index in [-0.39, 0.29) is 29.7 Å². The summed E-state index contributed by atoms with van der Waals surface area (Å²) in [6, 6.07) is 9.71. The van der Waals surface area contributed by atoms with Gasteiger partial charge in [-0.2, -0.15) is 5.26 Å². The van der Waals surface area contributed by atoms with E-state index in [0.717, 1.165) is 5.56 Å². The van der Waals surface area contributed by atoms with E-state index in [1.807, 2.05) is 4.90 Å². The van der Waals surface area contributed by atoms with Gasteiger partial charge in [0.1, 0.15) is 23.3 Å². The minimum atomic E-state index is -0.417. The van der Waals surface area contributed by atoms with E-state index in [9.17, 15) is 19.2 Å². The molecule has 4 rings (SSSR count). The molecule has 0 N–H and O–H groups in total. The third kappa shape index (κ3) is 3.97. The highest BCUT2D eigenvalue weighted by molar-refractivity contribution is 6.27. The fourth-order valence-corrected chi connectivity index (χ4v) is 4.08. The SMILES string of the molecule is N#Cc1c(N2CCN(C(=O)CCl)CC2)c2cnccc2n(Cc2ccc(F)cc2)c1=O. The first-order valence-electron chi connectivity index (χ1n) is 9.77. The Kier molecular flexibility index (Phi) is 5.87. The molecule has 31 heavy (non-hydrogen) atoms. The molecule has 1 fully saturated rings. The van der Waals surface area contributed by atoms with Gasteiger partial charge in [0.15, 0.2) is 0 Å². The Bertz CT molecular complexity index is 1230. The van der Waals surface area contributed by atoms with Crippen molar-refractivity contribution in [1.82, 2.24) is 14.5 Å². The van der Waals surface area contributed by atoms with Crippen LogP contribution in [0.4, 0.5) is 10.1 Å². The Morgan fingerprint density at radius 2 is 1.87 bits per heavy atom. The highest BCUT2D eigenvalue weighted by atomic mass is 35.5. The van der Waals surface area contributed by atoms with Crippen LogP contribution < -0.4 is 10.5 Å². The second kappa shape index (κ2) is 8.74. The van der Waals surface area contributed by atoms with Crippen LogP contribution in [-0.4, -0.2) is 52.4 Å². The van der Waals surface area contributed by atoms with Crippen molar-refractivity contribution < 1.29 is 9.18 Å². The Balaban J connectivity index is 1.79. The normalized spacial score (nSPS) is 14.0. The van der Waals surface area contributed by atoms with E-state index in [2.05, 4.69) is 11.1 Å². The first-order chi connectivity index (χ1) is 15.0. The lowest BCUT2D eigenvalue weighted by atomic mass is 10.1. The van der Waals surface area contributed by atoms with E-state index < -0.39 is 5.56 Å². The minimum absolute atomic E-state index is 0.0275. The zero-order chi connectivity index (χ0) is 22.0. The molecule has 3 heterocycles. The summed E-state index contributed by atoms with van der Waals surface area (Å²) in [5.74, 6) is -0.566. The third-order valence-corrected chi connectivity index (χ3v) is 5.70. The van der Waals surface area contributed by atoms with Crippen molar-refractivity contribution >= 4 is 34.1 Å². The van der Waals surface area contributed by atoms with Crippen molar-refractivity contribution in [3.05, 3.63) is 70.0 Å². The van der Waals surface area contributed by atoms with Crippen LogP contribution in [0.1, 0.15) is 11.1 Å². The number of rotatable bonds is 4. The van der Waals surface area contributed by atoms with Gasteiger partial charge < -0.3 is 14.4 Å². The maximum absolute atomic E-state index is 13.3. The summed E-state index contributed by atoms with van der Waals surface area (Å²) in [6.45, 7) is 2.06. The molecule has 1 aliphatic rings. The standard InChI is InChI=1S/C22H19ClFN5O2/c23-11-20(30)27-7-9-28(10-8-27)21-17(12-25)22(31)29(19-5-6-26-13-18(19)21)14-15-1-3-16(24)4-2-15/h1-6,13H,7-11,14H2. The zero-order valence-electron chi connectivity index (χ0n) is 16.6. The summed E-state index contributed by atoms with van der Waals surface area (Å²) in [5.41, 5.74) is 1.52. The number of halogens is 2. The molecule has 0 atom stereocenters. The van der Waals surface area contributed by atoms with E-state index in [0.29, 0.717) is 42.8 Å². The van der Waals surface area contributed by atoms with Crippen LogP contribution in [0.3, 0.4) is 0 Å². The van der Waals surface area contributed by atoms with Gasteiger partial charge >= 0.3 is 0 Å². The van der Waals surface area contributed by atoms with E-state index in [1.165, 1.54) is 16.7 Å². The molecular weight excluding hydrogens is 421 g/mol. The zero-order valence-corrected chi connectivity index (χ0v) is 17.3. The number of carbonyl (C=O) groups excluding carboxylic acids is 1. The molecule has 1 aliphatic heterocycles. The number of pyridine rings is 2. The molecule has 0 aliphatic carbocycles. The third-order valence-electron chi connectivity index (χ3n) is 5.47. The molecule has 0 saturated carbocycles. The molecule has 1 aromatic carbocycles. The summed E-state index contributed by atoms with van der Waals surface area (Å²) in [4.78, 5) is 33.0. The van der Waals surface area contributed by atoms with E-state index >= 15 is 0 Å². The van der Waals surface area contributed by atoms with Crippen LogP contribution in [0, 0.1) is 17.1 Å². The fourth-order valence-electron chi connectivity index (χ4n) is 3.91. The van der Waals surface area contributed by atoms with Crippen molar-refractivity contribution in [2.24, 2.45) is 0 Å². The summed E-state index contributed by atoms with van der Waals surface area (Å²) in [5, 5.41) is 10.5. The maximum Gasteiger partial charge on any atom is 0.271 e. The number of carbonyl (C=O) groups is 1. The van der Waals surface area contributed by atoms with Crippen LogP contribution in [0.2, 0.25) is 0 Å². The molecular formula is C22H19ClFN5O2. The summed E-state index contributed by atoms with van der Waals surface area (Å²) in [6.07, 6.45) is 3.23. The number of aromatic nitrogens is 2. The average Bonchev–Trinajstić information content (AvgIpc) is 2.81. The summed E-state index contributed by atoms with van der Waals surface area (Å²) >= 11 is 5.66. The van der Waals surface area contributed by atoms with Gasteiger partial charge in [-0.1, -0.05) is 12.1 Å². The Hall–Kier alpha value is -3.44. The molecule has 158 valence electrons. The average molecular weight is 440 g/mol. The highest BCUT2D eigenvalue weighted by Crippen LogP contribution is 2.29. The van der Waals surface area contributed by atoms with Crippen molar-refractivity contribution in [2.75, 3.05) is 37.0 Å². The first-order valence-corrected chi connectivity index (χ1v) is 10.3. The van der Waals surface area contributed by atoms with Crippen LogP contribution in [0.5, 0.6) is 0 Å². The Morgan fingerprint density at radius 1 is 1.16 bits per heavy atom. The summed E-state index contributed by atoms with van der Waals surface area (Å²) in [7, 11) is 0. The topological polar surface area (TPSA) is 82.2 Å². The van der Waals surface area contributed by atoms with Crippen LogP contribution in [-0.2, 0) is 11.3 Å². The number of nitrogens with zero attached hydrogens (tertiary/aromatic N) is 5. The number of anilines is 1. The van der Waals surface area contributed by atoms with Crippen LogP contribution in [0.15, 0.2) is 47.5 Å². The molecule has 0 radical (unpaired) electrons. The van der Waals surface area contributed by atoms with Gasteiger partial charge in [-0.3, -0.25) is 14.6 Å². The van der Waals surface area contributed by atoms with Gasteiger partial charge in [0.25, 0.3) is 5.56 Å². The van der Waals surface area contributed by atoms with Crippen molar-refractivity contribution in [2.45, 2.75) is 6.54 Å². The molecule has 2 aromatic heterocycles. The maximum atomic E-state index is 13.3. The number of nitriles is 1. The molecule has 0 bridgehead atoms. The Labute approximate surface area is 182 Å². The lowest BCUT2D eigenvalue weighted by Crippen LogP contribution is -2.49. The van der Waals surface area contributed by atoms with Crippen LogP contribution in [0.25, 0.3) is 10.9 Å². The number of hydrogen-bond donors (Lipinski definition) is 0. The molecule has 0 spiro atoms. The number of piperazine rings is 1. The minimum Gasteiger partial charge on any atom is -0.366 e. The second-order valence-corrected chi connectivity index (χ2v) is 7.51. The molecule has 7 nitrogen and oxygen atoms in total. The number of alkyl halides is 1. The van der Waals surface area contributed by atoms with Crippen molar-refractivity contribution in [3.63, 3.8) is 0 Å². The predicted molar refractivity (Wildman–Crippen MR) is 116 cm³/mol. The van der Waals surface area contributed by atoms with Crippen molar-refractivity contribution in [3.8, 4) is 6.07 Å². The molecule has 1 amide bonds. The smallest absolute Gasteiger partial charge is 0.271 e. The van der Waals surface area contributed by atoms with Gasteiger partial charge in [-0.05, 0) is 23.8 Å². The quantitative estimate of drug-likeness (QED) is 0.583. The van der Waals surface area contributed by atoms with E-state index in [4.69, 9.17) is 11.6 Å². The van der Waals surface area contributed by atoms with Gasteiger partial charge in [0.2, 0.25) is 5.91 Å². The predicted octanol–water partition coefficient (Wildman–Crippen LogP) is 2.34. The second-order valence-electron chi connectivity index (χ2n) is 7.25. The lowest BCUT2D eigenvalue weighted by molar-refractivity contribution is -0.128. The van der Waals surface area contributed by atoms with E-state index in [1.54, 1.807) is 35.5 Å². The largest absolute Gasteiger partial charge is 0.366 e. The van der Waals surface area contributed by atoms with Gasteiger partial charge in [-0.25, -0.2) is 4.39 Å². The highest BCUT2D eigenvalue weighted by Gasteiger charge is 2.26. The molecule has 9 heteroatoms. The van der Waals surface area contributed by atoms with Crippen LogP contribution >= 0.6 is 11.6 Å². The molecule has 0 unspecified atom stereocenters. The number of amides is 1. The van der Waals surface area contributed by atoms with Gasteiger partial charge in [0, 0.05) is 44.0 Å². The summed E-state index contributed by atoms with van der Waals surface area (Å²) < 4.78 is 14.8. The number of fused-ring (bicyclic) bond motifs is 1.